The molecule has 1 N–H and O–H groups in total. The van der Waals surface area contributed by atoms with E-state index < -0.39 is 17.6 Å². The fourth-order valence-electron chi connectivity index (χ4n) is 2.44. The number of hydrogen-bond acceptors (Lipinski definition) is 3. The van der Waals surface area contributed by atoms with Crippen LogP contribution in [0.4, 0.5) is 18.9 Å². The number of aromatic nitrogens is 2. The molecule has 142 valence electrons. The van der Waals surface area contributed by atoms with Crippen LogP contribution in [0.2, 0.25) is 5.02 Å². The minimum absolute atomic E-state index is 0.0215. The molecule has 1 heterocycles. The van der Waals surface area contributed by atoms with Crippen molar-refractivity contribution in [3.05, 3.63) is 46.7 Å². The third-order valence-corrected chi connectivity index (χ3v) is 4.02. The minimum Gasteiger partial charge on any atom is -0.324 e. The van der Waals surface area contributed by atoms with E-state index in [4.69, 9.17) is 11.6 Å². The van der Waals surface area contributed by atoms with Gasteiger partial charge in [-0.25, -0.2) is 0 Å². The summed E-state index contributed by atoms with van der Waals surface area (Å²) in [6.45, 7) is 4.23. The van der Waals surface area contributed by atoms with Crippen LogP contribution in [-0.4, -0.2) is 33.2 Å². The Morgan fingerprint density at radius 3 is 2.62 bits per heavy atom. The number of aryl methyl sites for hydroxylation is 1. The molecule has 0 aliphatic rings. The number of carbonyl (C=O) groups excluding carboxylic acids is 1. The van der Waals surface area contributed by atoms with Gasteiger partial charge in [-0.3, -0.25) is 14.4 Å². The Morgan fingerprint density at radius 2 is 2.08 bits per heavy atom. The summed E-state index contributed by atoms with van der Waals surface area (Å²) >= 11 is 5.65. The first-order chi connectivity index (χ1) is 12.1. The first-order valence-corrected chi connectivity index (χ1v) is 8.32. The Bertz CT molecular complexity index is 774. The molecule has 9 heteroatoms. The summed E-state index contributed by atoms with van der Waals surface area (Å²) in [7, 11) is 1.79. The fourth-order valence-corrected chi connectivity index (χ4v) is 2.62. The number of hydrogen-bond donors (Lipinski definition) is 1. The summed E-state index contributed by atoms with van der Waals surface area (Å²) in [4.78, 5) is 14.2. The van der Waals surface area contributed by atoms with Crippen LogP contribution in [0.5, 0.6) is 0 Å². The summed E-state index contributed by atoms with van der Waals surface area (Å²) in [5.41, 5.74) is -0.366. The molecule has 0 radical (unpaired) electrons. The van der Waals surface area contributed by atoms with Gasteiger partial charge < -0.3 is 5.32 Å². The number of benzene rings is 1. The van der Waals surface area contributed by atoms with Crippen LogP contribution in [0, 0.1) is 0 Å². The van der Waals surface area contributed by atoms with Crippen LogP contribution in [0.3, 0.4) is 0 Å². The highest BCUT2D eigenvalue weighted by molar-refractivity contribution is 6.30. The Kier molecular flexibility index (Phi) is 6.30. The van der Waals surface area contributed by atoms with Gasteiger partial charge in [-0.2, -0.15) is 18.3 Å². The van der Waals surface area contributed by atoms with E-state index in [0.29, 0.717) is 6.54 Å². The van der Waals surface area contributed by atoms with E-state index in [1.165, 1.54) is 6.07 Å². The van der Waals surface area contributed by atoms with Gasteiger partial charge in [-0.15, -0.1) is 0 Å². The number of carbonyl (C=O) groups is 1. The molecule has 1 amide bonds. The topological polar surface area (TPSA) is 50.2 Å². The number of nitrogens with zero attached hydrogens (tertiary/aromatic N) is 3. The maximum Gasteiger partial charge on any atom is 0.418 e. The largest absolute Gasteiger partial charge is 0.418 e. The zero-order valence-corrected chi connectivity index (χ0v) is 15.4. The van der Waals surface area contributed by atoms with Crippen molar-refractivity contribution < 1.29 is 18.0 Å². The standard InChI is InChI=1S/C17H20ClF3N4O/c1-11(2)25(9-12-7-22-24(3)8-12)10-16(26)23-15-5-4-13(18)6-14(15)17(19,20)21/h4-8,11H,9-10H2,1-3H3,(H,23,26). The number of rotatable bonds is 6. The van der Waals surface area contributed by atoms with Crippen LogP contribution in [0.25, 0.3) is 0 Å². The first kappa shape index (κ1) is 20.3. The van der Waals surface area contributed by atoms with E-state index in [2.05, 4.69) is 10.4 Å². The molecule has 1 aromatic heterocycles. The predicted molar refractivity (Wildman–Crippen MR) is 93.8 cm³/mol. The average molecular weight is 389 g/mol. The van der Waals surface area contributed by atoms with Crippen LogP contribution >= 0.6 is 11.6 Å². The van der Waals surface area contributed by atoms with Crippen molar-refractivity contribution in [2.45, 2.75) is 32.6 Å². The molecule has 0 saturated carbocycles. The summed E-state index contributed by atoms with van der Waals surface area (Å²) < 4.78 is 41.0. The molecule has 0 aliphatic carbocycles. The lowest BCUT2D eigenvalue weighted by atomic mass is 10.1. The summed E-state index contributed by atoms with van der Waals surface area (Å²) in [5.74, 6) is -0.532. The van der Waals surface area contributed by atoms with Crippen molar-refractivity contribution in [2.75, 3.05) is 11.9 Å². The zero-order chi connectivity index (χ0) is 19.5. The second kappa shape index (κ2) is 8.09. The minimum atomic E-state index is -4.61. The third-order valence-electron chi connectivity index (χ3n) is 3.78. The van der Waals surface area contributed by atoms with E-state index in [9.17, 15) is 18.0 Å². The van der Waals surface area contributed by atoms with Gasteiger partial charge in [-0.1, -0.05) is 11.6 Å². The third kappa shape index (κ3) is 5.47. The highest BCUT2D eigenvalue weighted by Crippen LogP contribution is 2.36. The molecule has 1 aromatic carbocycles. The number of anilines is 1. The Hall–Kier alpha value is -2.06. The first-order valence-electron chi connectivity index (χ1n) is 7.94. The fraction of sp³-hybridized carbons (Fsp3) is 0.412. The molecular weight excluding hydrogens is 369 g/mol. The molecule has 2 aromatic rings. The number of amides is 1. The lowest BCUT2D eigenvalue weighted by Crippen LogP contribution is -2.37. The quantitative estimate of drug-likeness (QED) is 0.815. The molecule has 0 saturated heterocycles. The van der Waals surface area contributed by atoms with Crippen LogP contribution in [0.15, 0.2) is 30.6 Å². The van der Waals surface area contributed by atoms with Crippen LogP contribution in [0.1, 0.15) is 25.0 Å². The molecule has 26 heavy (non-hydrogen) atoms. The molecule has 0 spiro atoms. The van der Waals surface area contributed by atoms with Gasteiger partial charge in [0.25, 0.3) is 0 Å². The second-order valence-corrected chi connectivity index (χ2v) is 6.69. The van der Waals surface area contributed by atoms with Gasteiger partial charge in [0, 0.05) is 36.4 Å². The van der Waals surface area contributed by atoms with E-state index in [1.54, 1.807) is 17.9 Å². The van der Waals surface area contributed by atoms with Gasteiger partial charge in [0.2, 0.25) is 5.91 Å². The van der Waals surface area contributed by atoms with Crippen molar-refractivity contribution in [1.29, 1.82) is 0 Å². The molecule has 0 aliphatic heterocycles. The highest BCUT2D eigenvalue weighted by atomic mass is 35.5. The Morgan fingerprint density at radius 1 is 1.38 bits per heavy atom. The average Bonchev–Trinajstić information content (AvgIpc) is 2.92. The summed E-state index contributed by atoms with van der Waals surface area (Å²) in [6, 6.07) is 3.28. The monoisotopic (exact) mass is 388 g/mol. The lowest BCUT2D eigenvalue weighted by Gasteiger charge is -2.25. The van der Waals surface area contributed by atoms with Crippen LogP contribution < -0.4 is 5.32 Å². The molecular formula is C17H20ClF3N4O. The van der Waals surface area contributed by atoms with Gasteiger partial charge in [0.1, 0.15) is 0 Å². The van der Waals surface area contributed by atoms with Gasteiger partial charge >= 0.3 is 6.18 Å². The molecule has 0 atom stereocenters. The molecule has 0 unspecified atom stereocenters. The Balaban J connectivity index is 2.11. The number of halogens is 4. The smallest absolute Gasteiger partial charge is 0.324 e. The molecule has 0 fully saturated rings. The second-order valence-electron chi connectivity index (χ2n) is 6.26. The zero-order valence-electron chi connectivity index (χ0n) is 14.6. The number of nitrogens with one attached hydrogen (secondary N) is 1. The van der Waals surface area contributed by atoms with Crippen LogP contribution in [-0.2, 0) is 24.6 Å². The van der Waals surface area contributed by atoms with E-state index in [0.717, 1.165) is 17.7 Å². The van der Waals surface area contributed by atoms with Crippen molar-refractivity contribution in [2.24, 2.45) is 7.05 Å². The SMILES string of the molecule is CC(C)N(CC(=O)Nc1ccc(Cl)cc1C(F)(F)F)Cc1cnn(C)c1. The summed E-state index contributed by atoms with van der Waals surface area (Å²) in [6.07, 6.45) is -1.09. The maximum absolute atomic E-state index is 13.1. The van der Waals surface area contributed by atoms with E-state index in [1.807, 2.05) is 24.9 Å². The van der Waals surface area contributed by atoms with E-state index >= 15 is 0 Å². The lowest BCUT2D eigenvalue weighted by molar-refractivity contribution is -0.137. The van der Waals surface area contributed by atoms with Gasteiger partial charge in [-0.05, 0) is 32.0 Å². The molecule has 2 rings (SSSR count). The maximum atomic E-state index is 13.1. The van der Waals surface area contributed by atoms with Crippen molar-refractivity contribution in [3.8, 4) is 0 Å². The molecule has 0 bridgehead atoms. The van der Waals surface area contributed by atoms with E-state index in [-0.39, 0.29) is 23.3 Å². The normalized spacial score (nSPS) is 12.0. The van der Waals surface area contributed by atoms with Crippen molar-refractivity contribution in [3.63, 3.8) is 0 Å². The van der Waals surface area contributed by atoms with Crippen molar-refractivity contribution >= 4 is 23.2 Å². The van der Waals surface area contributed by atoms with Crippen molar-refractivity contribution in [1.82, 2.24) is 14.7 Å². The predicted octanol–water partition coefficient (Wildman–Crippen LogP) is 3.94. The highest BCUT2D eigenvalue weighted by Gasteiger charge is 2.34. The molecule has 5 nitrogen and oxygen atoms in total. The van der Waals surface area contributed by atoms with Gasteiger partial charge in [0.15, 0.2) is 0 Å². The van der Waals surface area contributed by atoms with Gasteiger partial charge in [0.05, 0.1) is 24.0 Å². The summed E-state index contributed by atoms with van der Waals surface area (Å²) in [5, 5.41) is 6.37. The Labute approximate surface area is 154 Å². The number of alkyl halides is 3.